The molecular formula is C38H29NS. The molecule has 0 aliphatic heterocycles. The zero-order chi connectivity index (χ0) is 26.0. The number of para-hydroxylation sites is 1. The number of hydrogen-bond donors (Lipinski definition) is 0. The van der Waals surface area contributed by atoms with Crippen LogP contribution in [0.5, 0.6) is 0 Å². The predicted octanol–water partition coefficient (Wildman–Crippen LogP) is 10.5. The molecule has 6 aromatic rings. The van der Waals surface area contributed by atoms with E-state index in [9.17, 15) is 0 Å². The van der Waals surface area contributed by atoms with Crippen LogP contribution in [0.25, 0.3) is 31.3 Å². The molecule has 0 N–H and O–H groups in total. The second kappa shape index (κ2) is 7.65. The summed E-state index contributed by atoms with van der Waals surface area (Å²) in [6, 6.07) is 43.5. The van der Waals surface area contributed by atoms with E-state index in [1.165, 1.54) is 67.6 Å². The Hall–Kier alpha value is -3.88. The van der Waals surface area contributed by atoms with Crippen LogP contribution in [0, 0.1) is 23.7 Å². The van der Waals surface area contributed by atoms with Gasteiger partial charge in [0.2, 0.25) is 0 Å². The van der Waals surface area contributed by atoms with Crippen molar-refractivity contribution in [2.45, 2.75) is 24.7 Å². The molecule has 40 heavy (non-hydrogen) atoms. The van der Waals surface area contributed by atoms with Gasteiger partial charge in [-0.1, -0.05) is 72.8 Å². The predicted molar refractivity (Wildman–Crippen MR) is 168 cm³/mol. The van der Waals surface area contributed by atoms with Gasteiger partial charge in [-0.05, 0) is 102 Å². The van der Waals surface area contributed by atoms with E-state index in [-0.39, 0.29) is 5.41 Å². The van der Waals surface area contributed by atoms with Crippen LogP contribution in [-0.2, 0) is 5.41 Å². The molecule has 4 aliphatic carbocycles. The molecular weight excluding hydrogens is 502 g/mol. The molecule has 1 aromatic heterocycles. The van der Waals surface area contributed by atoms with Gasteiger partial charge in [0.25, 0.3) is 0 Å². The molecule has 1 spiro atoms. The van der Waals surface area contributed by atoms with Crippen LogP contribution >= 0.6 is 11.3 Å². The van der Waals surface area contributed by atoms with Crippen molar-refractivity contribution in [1.29, 1.82) is 0 Å². The standard InChI is InChI=1S/C38H29NS/c1-2-9-23(10-3-1)39(24-17-20-35-28(21-24)25-11-5-7-16-34(25)40-35)33-15-8-14-31-37(33)27-12-4-6-13-30(27)38(31)22-29-26-18-19-32(38)36(26)29/h1-17,20-21,26,29,32,36H,18-19,22H2. The van der Waals surface area contributed by atoms with Gasteiger partial charge in [-0.3, -0.25) is 0 Å². The molecule has 4 aliphatic rings. The van der Waals surface area contributed by atoms with Crippen LogP contribution < -0.4 is 4.90 Å². The van der Waals surface area contributed by atoms with Crippen molar-refractivity contribution in [3.63, 3.8) is 0 Å². The molecule has 0 bridgehead atoms. The molecule has 0 saturated heterocycles. The van der Waals surface area contributed by atoms with Crippen LogP contribution in [-0.4, -0.2) is 0 Å². The van der Waals surface area contributed by atoms with Gasteiger partial charge in [-0.2, -0.15) is 0 Å². The van der Waals surface area contributed by atoms with Crippen LogP contribution in [0.2, 0.25) is 0 Å². The maximum absolute atomic E-state index is 2.52. The number of nitrogens with zero attached hydrogens (tertiary/aromatic N) is 1. The third-order valence-corrected chi connectivity index (χ3v) is 12.1. The first-order valence-corrected chi connectivity index (χ1v) is 15.6. The van der Waals surface area contributed by atoms with E-state index in [1.807, 2.05) is 11.3 Å². The monoisotopic (exact) mass is 531 g/mol. The molecule has 1 nitrogen and oxygen atoms in total. The lowest BCUT2D eigenvalue weighted by atomic mass is 9.68. The van der Waals surface area contributed by atoms with Crippen molar-refractivity contribution in [2.24, 2.45) is 23.7 Å². The Morgan fingerprint density at radius 3 is 2.35 bits per heavy atom. The number of anilines is 3. The summed E-state index contributed by atoms with van der Waals surface area (Å²) in [5.41, 5.74) is 10.0. The first-order chi connectivity index (χ1) is 19.8. The third kappa shape index (κ3) is 2.64. The molecule has 3 saturated carbocycles. The van der Waals surface area contributed by atoms with E-state index in [2.05, 4.69) is 120 Å². The van der Waals surface area contributed by atoms with Gasteiger partial charge in [-0.15, -0.1) is 11.3 Å². The molecule has 10 rings (SSSR count). The van der Waals surface area contributed by atoms with E-state index in [4.69, 9.17) is 0 Å². The summed E-state index contributed by atoms with van der Waals surface area (Å²) in [4.78, 5) is 2.52. The Labute approximate surface area is 238 Å². The lowest BCUT2D eigenvalue weighted by Gasteiger charge is -2.35. The van der Waals surface area contributed by atoms with E-state index in [0.717, 1.165) is 23.7 Å². The molecule has 5 atom stereocenters. The fourth-order valence-electron chi connectivity index (χ4n) is 9.52. The second-order valence-electron chi connectivity index (χ2n) is 12.5. The summed E-state index contributed by atoms with van der Waals surface area (Å²) in [6.45, 7) is 0. The summed E-state index contributed by atoms with van der Waals surface area (Å²) in [5.74, 6) is 3.73. The minimum Gasteiger partial charge on any atom is -0.310 e. The fraction of sp³-hybridized carbons (Fsp3) is 0.211. The zero-order valence-electron chi connectivity index (χ0n) is 22.3. The largest absolute Gasteiger partial charge is 0.310 e. The van der Waals surface area contributed by atoms with E-state index in [1.54, 1.807) is 11.1 Å². The number of fused-ring (bicyclic) bond motifs is 10. The van der Waals surface area contributed by atoms with Crippen LogP contribution in [0.3, 0.4) is 0 Å². The second-order valence-corrected chi connectivity index (χ2v) is 13.5. The van der Waals surface area contributed by atoms with E-state index >= 15 is 0 Å². The van der Waals surface area contributed by atoms with Gasteiger partial charge >= 0.3 is 0 Å². The first kappa shape index (κ1) is 21.9. The van der Waals surface area contributed by atoms with Crippen molar-refractivity contribution in [3.8, 4) is 11.1 Å². The fourth-order valence-corrected chi connectivity index (χ4v) is 10.6. The normalized spacial score (nSPS) is 26.8. The summed E-state index contributed by atoms with van der Waals surface area (Å²) in [6.07, 6.45) is 4.19. The van der Waals surface area contributed by atoms with Crippen molar-refractivity contribution in [1.82, 2.24) is 0 Å². The molecule has 0 radical (unpaired) electrons. The van der Waals surface area contributed by atoms with Crippen LogP contribution in [0.1, 0.15) is 30.4 Å². The number of thiophene rings is 1. The quantitative estimate of drug-likeness (QED) is 0.219. The maximum atomic E-state index is 2.52. The van der Waals surface area contributed by atoms with Crippen LogP contribution in [0.4, 0.5) is 17.1 Å². The SMILES string of the molecule is c1ccc(N(c2ccc3sc4ccccc4c3c2)c2cccc3c2-c2ccccc2C32CC3C4CCC2C43)cc1. The van der Waals surface area contributed by atoms with Crippen molar-refractivity contribution in [2.75, 3.05) is 4.90 Å². The van der Waals surface area contributed by atoms with Gasteiger partial charge in [0.05, 0.1) is 5.69 Å². The molecule has 1 heterocycles. The Balaban J connectivity index is 1.24. The van der Waals surface area contributed by atoms with Crippen molar-refractivity contribution < 1.29 is 0 Å². The van der Waals surface area contributed by atoms with Gasteiger partial charge in [0.15, 0.2) is 0 Å². The highest BCUT2D eigenvalue weighted by molar-refractivity contribution is 7.25. The average molecular weight is 532 g/mol. The molecule has 5 unspecified atom stereocenters. The van der Waals surface area contributed by atoms with Gasteiger partial charge in [0.1, 0.15) is 0 Å². The molecule has 0 amide bonds. The van der Waals surface area contributed by atoms with Crippen molar-refractivity contribution >= 4 is 48.6 Å². The highest BCUT2D eigenvalue weighted by Crippen LogP contribution is 2.78. The van der Waals surface area contributed by atoms with Crippen molar-refractivity contribution in [3.05, 3.63) is 126 Å². The zero-order valence-corrected chi connectivity index (χ0v) is 23.1. The summed E-state index contributed by atoms with van der Waals surface area (Å²) < 4.78 is 2.70. The number of benzene rings is 5. The van der Waals surface area contributed by atoms with Crippen LogP contribution in [0.15, 0.2) is 115 Å². The Bertz CT molecular complexity index is 1990. The first-order valence-electron chi connectivity index (χ1n) is 14.8. The lowest BCUT2D eigenvalue weighted by Crippen LogP contribution is -2.31. The number of hydrogen-bond acceptors (Lipinski definition) is 2. The molecule has 2 heteroatoms. The number of rotatable bonds is 3. The Morgan fingerprint density at radius 2 is 1.43 bits per heavy atom. The molecule has 192 valence electrons. The van der Waals surface area contributed by atoms with E-state index in [0.29, 0.717) is 0 Å². The Kier molecular flexibility index (Phi) is 4.18. The molecule has 3 fully saturated rings. The average Bonchev–Trinajstić information content (AvgIpc) is 3.34. The Morgan fingerprint density at radius 1 is 0.625 bits per heavy atom. The minimum absolute atomic E-state index is 0.195. The van der Waals surface area contributed by atoms with Gasteiger partial charge < -0.3 is 4.90 Å². The highest BCUT2D eigenvalue weighted by atomic mass is 32.1. The summed E-state index contributed by atoms with van der Waals surface area (Å²) in [7, 11) is 0. The summed E-state index contributed by atoms with van der Waals surface area (Å²) >= 11 is 1.89. The lowest BCUT2D eigenvalue weighted by molar-refractivity contribution is 0.350. The third-order valence-electron chi connectivity index (χ3n) is 10.9. The molecule has 5 aromatic carbocycles. The van der Waals surface area contributed by atoms with Gasteiger partial charge in [-0.25, -0.2) is 0 Å². The van der Waals surface area contributed by atoms with Gasteiger partial charge in [0, 0.05) is 42.5 Å². The smallest absolute Gasteiger partial charge is 0.0543 e. The summed E-state index contributed by atoms with van der Waals surface area (Å²) in [5, 5.41) is 2.69. The minimum atomic E-state index is 0.195. The topological polar surface area (TPSA) is 3.24 Å². The highest BCUT2D eigenvalue weighted by Gasteiger charge is 2.72. The maximum Gasteiger partial charge on any atom is 0.0543 e. The van der Waals surface area contributed by atoms with E-state index < -0.39 is 0 Å².